The molecule has 1 aromatic carbocycles. The number of non-ortho nitro benzene ring substituents is 1. The van der Waals surface area contributed by atoms with E-state index >= 15 is 0 Å². The molecule has 18 heavy (non-hydrogen) atoms. The number of anilines is 2. The second-order valence-corrected chi connectivity index (χ2v) is 3.90. The predicted octanol–water partition coefficient (Wildman–Crippen LogP) is 1.52. The van der Waals surface area contributed by atoms with Gasteiger partial charge in [0.15, 0.2) is 0 Å². The van der Waals surface area contributed by atoms with E-state index in [1.807, 2.05) is 19.3 Å². The summed E-state index contributed by atoms with van der Waals surface area (Å²) in [4.78, 5) is 10.2. The zero-order valence-corrected chi connectivity index (χ0v) is 9.83. The monoisotopic (exact) mass is 247 g/mol. The van der Waals surface area contributed by atoms with Crippen LogP contribution in [-0.4, -0.2) is 14.7 Å². The number of benzene rings is 1. The first-order valence-corrected chi connectivity index (χ1v) is 5.32. The van der Waals surface area contributed by atoms with Crippen LogP contribution in [0.3, 0.4) is 0 Å². The van der Waals surface area contributed by atoms with Crippen LogP contribution in [0.15, 0.2) is 30.5 Å². The van der Waals surface area contributed by atoms with E-state index in [4.69, 9.17) is 5.73 Å². The minimum atomic E-state index is -0.470. The highest BCUT2D eigenvalue weighted by molar-refractivity contribution is 5.61. The molecular weight excluding hydrogens is 234 g/mol. The number of nitrogen functional groups attached to an aromatic ring is 1. The van der Waals surface area contributed by atoms with Crippen LogP contribution in [0, 0.1) is 10.1 Å². The summed E-state index contributed by atoms with van der Waals surface area (Å²) in [6.45, 7) is 0.488. The standard InChI is InChI=1S/C11H13N5O2/c1-15-3-2-9(14-15)7-13-10-4-8(12)5-11(6-10)16(17)18/h2-6,13H,7,12H2,1H3. The van der Waals surface area contributed by atoms with E-state index in [1.165, 1.54) is 12.1 Å². The number of aromatic nitrogens is 2. The second-order valence-electron chi connectivity index (χ2n) is 3.90. The summed E-state index contributed by atoms with van der Waals surface area (Å²) in [7, 11) is 1.83. The van der Waals surface area contributed by atoms with Crippen molar-refractivity contribution >= 4 is 17.1 Å². The highest BCUT2D eigenvalue weighted by Gasteiger charge is 2.08. The first kappa shape index (κ1) is 11.9. The predicted molar refractivity (Wildman–Crippen MR) is 68.0 cm³/mol. The summed E-state index contributed by atoms with van der Waals surface area (Å²) in [5.41, 5.74) is 7.38. The van der Waals surface area contributed by atoms with Gasteiger partial charge in [0, 0.05) is 36.8 Å². The van der Waals surface area contributed by atoms with Crippen molar-refractivity contribution in [1.82, 2.24) is 9.78 Å². The molecule has 0 unspecified atom stereocenters. The van der Waals surface area contributed by atoms with E-state index in [9.17, 15) is 10.1 Å². The molecule has 7 heteroatoms. The lowest BCUT2D eigenvalue weighted by atomic mass is 10.2. The van der Waals surface area contributed by atoms with Gasteiger partial charge < -0.3 is 11.1 Å². The lowest BCUT2D eigenvalue weighted by Gasteiger charge is -2.05. The summed E-state index contributed by atoms with van der Waals surface area (Å²) >= 11 is 0. The second kappa shape index (κ2) is 4.74. The van der Waals surface area contributed by atoms with Gasteiger partial charge in [0.25, 0.3) is 5.69 Å². The third-order valence-corrected chi connectivity index (χ3v) is 2.39. The first-order chi connectivity index (χ1) is 8.54. The Kier molecular flexibility index (Phi) is 3.13. The molecule has 0 amide bonds. The van der Waals surface area contributed by atoms with Crippen molar-refractivity contribution in [3.8, 4) is 0 Å². The van der Waals surface area contributed by atoms with Crippen LogP contribution in [-0.2, 0) is 13.6 Å². The van der Waals surface area contributed by atoms with Gasteiger partial charge in [-0.15, -0.1) is 0 Å². The number of nitrogens with zero attached hydrogens (tertiary/aromatic N) is 3. The number of nitro groups is 1. The molecule has 0 spiro atoms. The fourth-order valence-corrected chi connectivity index (χ4v) is 1.59. The van der Waals surface area contributed by atoms with Gasteiger partial charge in [-0.3, -0.25) is 14.8 Å². The Morgan fingerprint density at radius 3 is 2.89 bits per heavy atom. The van der Waals surface area contributed by atoms with E-state index in [-0.39, 0.29) is 5.69 Å². The maximum atomic E-state index is 10.7. The summed E-state index contributed by atoms with van der Waals surface area (Å²) in [5, 5.41) is 17.9. The van der Waals surface area contributed by atoms with E-state index in [0.29, 0.717) is 17.9 Å². The molecular formula is C11H13N5O2. The van der Waals surface area contributed by atoms with Crippen molar-refractivity contribution < 1.29 is 4.92 Å². The van der Waals surface area contributed by atoms with Gasteiger partial charge in [0.1, 0.15) is 0 Å². The number of nitrogens with two attached hydrogens (primary N) is 1. The summed E-state index contributed by atoms with van der Waals surface area (Å²) < 4.78 is 1.69. The normalized spacial score (nSPS) is 10.3. The molecule has 0 aliphatic rings. The number of aryl methyl sites for hydroxylation is 1. The lowest BCUT2D eigenvalue weighted by Crippen LogP contribution is -2.02. The molecule has 1 aromatic heterocycles. The molecule has 1 heterocycles. The SMILES string of the molecule is Cn1ccc(CNc2cc(N)cc([N+](=O)[O-])c2)n1. The Hall–Kier alpha value is -2.57. The van der Waals surface area contributed by atoms with Gasteiger partial charge in [-0.1, -0.05) is 0 Å². The Bertz CT molecular complexity index is 579. The quantitative estimate of drug-likeness (QED) is 0.485. The molecule has 0 aliphatic carbocycles. The average Bonchev–Trinajstić information content (AvgIpc) is 2.72. The summed E-state index contributed by atoms with van der Waals surface area (Å²) in [6.07, 6.45) is 1.83. The highest BCUT2D eigenvalue weighted by atomic mass is 16.6. The molecule has 0 saturated carbocycles. The maximum absolute atomic E-state index is 10.7. The van der Waals surface area contributed by atoms with Crippen LogP contribution in [0.1, 0.15) is 5.69 Å². The van der Waals surface area contributed by atoms with Gasteiger partial charge in [-0.05, 0) is 12.1 Å². The van der Waals surface area contributed by atoms with Crippen LogP contribution >= 0.6 is 0 Å². The number of nitrogens with one attached hydrogen (secondary N) is 1. The number of rotatable bonds is 4. The Morgan fingerprint density at radius 1 is 1.50 bits per heavy atom. The smallest absolute Gasteiger partial charge is 0.273 e. The number of hydrogen-bond donors (Lipinski definition) is 2. The van der Waals surface area contributed by atoms with E-state index < -0.39 is 4.92 Å². The van der Waals surface area contributed by atoms with Gasteiger partial charge in [0.2, 0.25) is 0 Å². The molecule has 0 radical (unpaired) electrons. The minimum absolute atomic E-state index is 0.0291. The minimum Gasteiger partial charge on any atom is -0.398 e. The van der Waals surface area contributed by atoms with Gasteiger partial charge >= 0.3 is 0 Å². The van der Waals surface area contributed by atoms with Crippen molar-refractivity contribution in [1.29, 1.82) is 0 Å². The Balaban J connectivity index is 2.11. The number of nitro benzene ring substituents is 1. The van der Waals surface area contributed by atoms with Crippen LogP contribution in [0.25, 0.3) is 0 Å². The first-order valence-electron chi connectivity index (χ1n) is 5.32. The molecule has 2 aromatic rings. The summed E-state index contributed by atoms with van der Waals surface area (Å²) in [6, 6.07) is 6.29. The van der Waals surface area contributed by atoms with Gasteiger partial charge in [-0.25, -0.2) is 0 Å². The fourth-order valence-electron chi connectivity index (χ4n) is 1.59. The van der Waals surface area contributed by atoms with Crippen molar-refractivity contribution in [2.45, 2.75) is 6.54 Å². The van der Waals surface area contributed by atoms with E-state index in [1.54, 1.807) is 10.7 Å². The molecule has 94 valence electrons. The van der Waals surface area contributed by atoms with Crippen LogP contribution in [0.5, 0.6) is 0 Å². The van der Waals surface area contributed by atoms with E-state index in [2.05, 4.69) is 10.4 Å². The number of hydrogen-bond acceptors (Lipinski definition) is 5. The van der Waals surface area contributed by atoms with Crippen molar-refractivity contribution in [3.63, 3.8) is 0 Å². The van der Waals surface area contributed by atoms with Crippen LogP contribution in [0.4, 0.5) is 17.1 Å². The molecule has 0 atom stereocenters. The topological polar surface area (TPSA) is 99.0 Å². The van der Waals surface area contributed by atoms with Crippen LogP contribution < -0.4 is 11.1 Å². The van der Waals surface area contributed by atoms with Crippen LogP contribution in [0.2, 0.25) is 0 Å². The molecule has 2 rings (SSSR count). The van der Waals surface area contributed by atoms with E-state index in [0.717, 1.165) is 5.69 Å². The highest BCUT2D eigenvalue weighted by Crippen LogP contribution is 2.22. The zero-order chi connectivity index (χ0) is 13.1. The molecule has 0 bridgehead atoms. The fraction of sp³-hybridized carbons (Fsp3) is 0.182. The van der Waals surface area contributed by atoms with Crippen molar-refractivity contribution in [2.24, 2.45) is 7.05 Å². The maximum Gasteiger partial charge on any atom is 0.273 e. The third kappa shape index (κ3) is 2.76. The van der Waals surface area contributed by atoms with Gasteiger partial charge in [-0.2, -0.15) is 5.10 Å². The van der Waals surface area contributed by atoms with Crippen molar-refractivity contribution in [2.75, 3.05) is 11.1 Å². The molecule has 0 saturated heterocycles. The molecule has 7 nitrogen and oxygen atoms in total. The van der Waals surface area contributed by atoms with Crippen molar-refractivity contribution in [3.05, 3.63) is 46.3 Å². The van der Waals surface area contributed by atoms with Gasteiger partial charge in [0.05, 0.1) is 17.2 Å². The lowest BCUT2D eigenvalue weighted by molar-refractivity contribution is -0.384. The summed E-state index contributed by atoms with van der Waals surface area (Å²) in [5.74, 6) is 0. The molecule has 0 fully saturated rings. The third-order valence-electron chi connectivity index (χ3n) is 2.39. The zero-order valence-electron chi connectivity index (χ0n) is 9.83. The largest absolute Gasteiger partial charge is 0.398 e. The molecule has 0 aliphatic heterocycles. The average molecular weight is 247 g/mol. The Labute approximate surface area is 103 Å². The Morgan fingerprint density at radius 2 is 2.28 bits per heavy atom. The molecule has 3 N–H and O–H groups in total.